The molecule has 1 amide bonds. The van der Waals surface area contributed by atoms with E-state index >= 15 is 0 Å². The number of carbonyl (C=O) groups is 1. The number of nitrogens with one attached hydrogen (secondary N) is 1. The van der Waals surface area contributed by atoms with Crippen molar-refractivity contribution in [1.82, 2.24) is 25.4 Å². The molecular weight excluding hydrogens is 400 g/mol. The largest absolute Gasteiger partial charge is 0.467 e. The Kier molecular flexibility index (Phi) is 6.26. The Morgan fingerprint density at radius 1 is 1.35 bits per heavy atom. The van der Waals surface area contributed by atoms with E-state index in [1.54, 1.807) is 25.3 Å². The molecule has 3 aromatic rings. The van der Waals surface area contributed by atoms with Crippen LogP contribution in [0.2, 0.25) is 0 Å². The summed E-state index contributed by atoms with van der Waals surface area (Å²) in [6.07, 6.45) is 4.52. The van der Waals surface area contributed by atoms with Crippen LogP contribution in [0.25, 0.3) is 11.5 Å². The lowest BCUT2D eigenvalue weighted by Crippen LogP contribution is -2.44. The highest BCUT2D eigenvalue weighted by Crippen LogP contribution is 2.30. The molecule has 10 heteroatoms. The number of piperidine rings is 1. The lowest BCUT2D eigenvalue weighted by Gasteiger charge is -2.33. The van der Waals surface area contributed by atoms with E-state index in [1.165, 1.54) is 6.26 Å². The van der Waals surface area contributed by atoms with E-state index in [-0.39, 0.29) is 11.8 Å². The van der Waals surface area contributed by atoms with Gasteiger partial charge >= 0.3 is 0 Å². The Hall–Kier alpha value is -3.27. The normalized spacial score (nSPS) is 17.5. The summed E-state index contributed by atoms with van der Waals surface area (Å²) in [5, 5.41) is 16.9. The molecule has 0 aliphatic carbocycles. The fraction of sp³-hybridized carbons (Fsp3) is 0.476. The molecule has 0 spiro atoms. The van der Waals surface area contributed by atoms with Crippen LogP contribution in [-0.4, -0.2) is 50.8 Å². The predicted molar refractivity (Wildman–Crippen MR) is 111 cm³/mol. The number of aromatic nitrogens is 4. The monoisotopic (exact) mass is 426 g/mol. The molecule has 1 saturated heterocycles. The molecular formula is C21H26N6O4. The van der Waals surface area contributed by atoms with Crippen molar-refractivity contribution in [3.63, 3.8) is 0 Å². The molecule has 2 atom stereocenters. The van der Waals surface area contributed by atoms with Crippen molar-refractivity contribution in [3.8, 4) is 11.5 Å². The number of hydrogen-bond acceptors (Lipinski definition) is 9. The van der Waals surface area contributed by atoms with E-state index < -0.39 is 6.10 Å². The Morgan fingerprint density at radius 2 is 2.23 bits per heavy atom. The van der Waals surface area contributed by atoms with Crippen LogP contribution in [0.5, 0.6) is 0 Å². The predicted octanol–water partition coefficient (Wildman–Crippen LogP) is 2.19. The quantitative estimate of drug-likeness (QED) is 0.584. The first kappa shape index (κ1) is 21.0. The Balaban J connectivity index is 1.40. The molecule has 4 rings (SSSR count). The number of anilines is 1. The standard InChI is InChI=1S/C21H26N6O4/c1-13-23-11-16(21-25-14(2)26-31-21)19(24-13)27-9-3-5-15(12-27)20(29)22-8-7-17(28)18-6-4-10-30-18/h4,6,10-11,15,17,28H,3,5,7-9,12H2,1-2H3,(H,22,29). The number of furan rings is 1. The third-order valence-electron chi connectivity index (χ3n) is 5.33. The summed E-state index contributed by atoms with van der Waals surface area (Å²) in [5.74, 6) is 2.52. The van der Waals surface area contributed by atoms with Crippen LogP contribution < -0.4 is 10.2 Å². The molecule has 3 aromatic heterocycles. The lowest BCUT2D eigenvalue weighted by molar-refractivity contribution is -0.125. The summed E-state index contributed by atoms with van der Waals surface area (Å²) in [7, 11) is 0. The molecule has 1 aliphatic rings. The van der Waals surface area contributed by atoms with Crippen LogP contribution in [0.3, 0.4) is 0 Å². The zero-order valence-corrected chi connectivity index (χ0v) is 17.6. The van der Waals surface area contributed by atoms with Gasteiger partial charge in [-0.3, -0.25) is 4.79 Å². The van der Waals surface area contributed by atoms with Crippen molar-refractivity contribution >= 4 is 11.7 Å². The summed E-state index contributed by atoms with van der Waals surface area (Å²) in [6, 6.07) is 3.45. The highest BCUT2D eigenvalue weighted by molar-refractivity contribution is 5.80. The fourth-order valence-electron chi connectivity index (χ4n) is 3.74. The molecule has 4 heterocycles. The van der Waals surface area contributed by atoms with E-state index in [0.717, 1.165) is 19.4 Å². The minimum Gasteiger partial charge on any atom is -0.467 e. The van der Waals surface area contributed by atoms with Gasteiger partial charge in [-0.15, -0.1) is 0 Å². The molecule has 1 fully saturated rings. The summed E-state index contributed by atoms with van der Waals surface area (Å²) in [6.45, 7) is 5.26. The van der Waals surface area contributed by atoms with Gasteiger partial charge in [-0.1, -0.05) is 5.16 Å². The Bertz CT molecular complexity index is 1020. The number of aryl methyl sites for hydroxylation is 2. The highest BCUT2D eigenvalue weighted by Gasteiger charge is 2.29. The van der Waals surface area contributed by atoms with Gasteiger partial charge < -0.3 is 24.3 Å². The highest BCUT2D eigenvalue weighted by atomic mass is 16.5. The van der Waals surface area contributed by atoms with Crippen LogP contribution in [0.1, 0.15) is 42.8 Å². The second-order valence-electron chi connectivity index (χ2n) is 7.70. The lowest BCUT2D eigenvalue weighted by atomic mass is 9.96. The van der Waals surface area contributed by atoms with Crippen LogP contribution in [-0.2, 0) is 4.79 Å². The molecule has 1 aliphatic heterocycles. The number of amides is 1. The van der Waals surface area contributed by atoms with E-state index in [4.69, 9.17) is 8.94 Å². The summed E-state index contributed by atoms with van der Waals surface area (Å²) >= 11 is 0. The number of carbonyl (C=O) groups excluding carboxylic acids is 1. The topological polar surface area (TPSA) is 130 Å². The summed E-state index contributed by atoms with van der Waals surface area (Å²) in [4.78, 5) is 28.0. The third-order valence-corrected chi connectivity index (χ3v) is 5.33. The van der Waals surface area contributed by atoms with Crippen LogP contribution in [0, 0.1) is 19.8 Å². The molecule has 164 valence electrons. The first-order valence-corrected chi connectivity index (χ1v) is 10.4. The van der Waals surface area contributed by atoms with Gasteiger partial charge in [-0.2, -0.15) is 4.98 Å². The second kappa shape index (κ2) is 9.25. The van der Waals surface area contributed by atoms with Gasteiger partial charge in [0.1, 0.15) is 29.1 Å². The minimum atomic E-state index is -0.734. The molecule has 0 aromatic carbocycles. The van der Waals surface area contributed by atoms with Gasteiger partial charge in [-0.25, -0.2) is 9.97 Å². The zero-order chi connectivity index (χ0) is 21.8. The molecule has 10 nitrogen and oxygen atoms in total. The molecule has 0 radical (unpaired) electrons. The summed E-state index contributed by atoms with van der Waals surface area (Å²) < 4.78 is 10.5. The molecule has 2 unspecified atom stereocenters. The van der Waals surface area contributed by atoms with Gasteiger partial charge in [0.2, 0.25) is 5.91 Å². The van der Waals surface area contributed by atoms with Gasteiger partial charge in [0.15, 0.2) is 5.82 Å². The van der Waals surface area contributed by atoms with Crippen molar-refractivity contribution in [1.29, 1.82) is 0 Å². The number of hydrogen-bond donors (Lipinski definition) is 2. The Morgan fingerprint density at radius 3 is 2.97 bits per heavy atom. The zero-order valence-electron chi connectivity index (χ0n) is 17.6. The molecule has 2 N–H and O–H groups in total. The average Bonchev–Trinajstić information content (AvgIpc) is 3.46. The van der Waals surface area contributed by atoms with Gasteiger partial charge in [0.05, 0.1) is 12.2 Å². The summed E-state index contributed by atoms with van der Waals surface area (Å²) in [5.41, 5.74) is 0.661. The van der Waals surface area contributed by atoms with E-state index in [1.807, 2.05) is 6.92 Å². The first-order chi connectivity index (χ1) is 15.0. The molecule has 0 bridgehead atoms. The molecule has 0 saturated carbocycles. The minimum absolute atomic E-state index is 0.0303. The van der Waals surface area contributed by atoms with E-state index in [0.29, 0.717) is 54.2 Å². The maximum atomic E-state index is 12.8. The van der Waals surface area contributed by atoms with Crippen LogP contribution in [0.4, 0.5) is 5.82 Å². The van der Waals surface area contributed by atoms with Gasteiger partial charge in [0.25, 0.3) is 5.89 Å². The first-order valence-electron chi connectivity index (χ1n) is 10.4. The van der Waals surface area contributed by atoms with E-state index in [9.17, 15) is 9.90 Å². The van der Waals surface area contributed by atoms with Crippen LogP contribution in [0.15, 0.2) is 33.5 Å². The van der Waals surface area contributed by atoms with E-state index in [2.05, 4.69) is 30.3 Å². The SMILES string of the molecule is Cc1noc(-c2cnc(C)nc2N2CCCC(C(=O)NCCC(O)c3ccco3)C2)n1. The van der Waals surface area contributed by atoms with Gasteiger partial charge in [-0.05, 0) is 45.2 Å². The number of nitrogens with zero attached hydrogens (tertiary/aromatic N) is 5. The van der Waals surface area contributed by atoms with Crippen molar-refractivity contribution < 1.29 is 18.8 Å². The van der Waals surface area contributed by atoms with Crippen molar-refractivity contribution in [2.24, 2.45) is 5.92 Å². The molecule has 31 heavy (non-hydrogen) atoms. The number of aliphatic hydroxyl groups is 1. The van der Waals surface area contributed by atoms with Crippen molar-refractivity contribution in [2.75, 3.05) is 24.5 Å². The maximum absolute atomic E-state index is 12.8. The third kappa shape index (κ3) is 4.91. The number of rotatable bonds is 7. The Labute approximate surface area is 179 Å². The second-order valence-corrected chi connectivity index (χ2v) is 7.70. The fourth-order valence-corrected chi connectivity index (χ4v) is 3.74. The van der Waals surface area contributed by atoms with Crippen LogP contribution >= 0.6 is 0 Å². The number of aliphatic hydroxyl groups excluding tert-OH is 1. The van der Waals surface area contributed by atoms with Crippen molar-refractivity contribution in [2.45, 2.75) is 39.2 Å². The smallest absolute Gasteiger partial charge is 0.263 e. The average molecular weight is 426 g/mol. The van der Waals surface area contributed by atoms with Crippen molar-refractivity contribution in [3.05, 3.63) is 42.0 Å². The maximum Gasteiger partial charge on any atom is 0.263 e. The van der Waals surface area contributed by atoms with Gasteiger partial charge in [0, 0.05) is 25.8 Å².